The van der Waals surface area contributed by atoms with E-state index in [0.29, 0.717) is 10.0 Å². The highest BCUT2D eigenvalue weighted by Crippen LogP contribution is 2.22. The third-order valence-corrected chi connectivity index (χ3v) is 3.25. The van der Waals surface area contributed by atoms with Crippen molar-refractivity contribution in [1.29, 1.82) is 0 Å². The molecule has 1 aromatic carbocycles. The lowest BCUT2D eigenvalue weighted by Gasteiger charge is -2.16. The summed E-state index contributed by atoms with van der Waals surface area (Å²) in [6.07, 6.45) is 3.89. The molecule has 0 aliphatic carbocycles. The minimum atomic E-state index is 0.665. The highest BCUT2D eigenvalue weighted by molar-refractivity contribution is 6.35. The first kappa shape index (κ1) is 13.4. The minimum Gasteiger partial charge on any atom is -0.298 e. The molecular weight excluding hydrogens is 269 g/mol. The van der Waals surface area contributed by atoms with Crippen LogP contribution < -0.4 is 0 Å². The molecule has 2 aromatic rings. The second-order valence-corrected chi connectivity index (χ2v) is 5.27. The molecule has 0 saturated heterocycles. The summed E-state index contributed by atoms with van der Waals surface area (Å²) in [5.74, 6) is 0. The van der Waals surface area contributed by atoms with Crippen molar-refractivity contribution < 1.29 is 0 Å². The molecule has 0 unspecified atom stereocenters. The smallest absolute Gasteiger partial charge is 0.0534 e. The Morgan fingerprint density at radius 1 is 1.28 bits per heavy atom. The lowest BCUT2D eigenvalue weighted by molar-refractivity contribution is 0.319. The van der Waals surface area contributed by atoms with Crippen molar-refractivity contribution in [2.45, 2.75) is 13.1 Å². The summed E-state index contributed by atoms with van der Waals surface area (Å²) >= 11 is 12.0. The van der Waals surface area contributed by atoms with Gasteiger partial charge in [-0.05, 0) is 24.7 Å². The molecule has 18 heavy (non-hydrogen) atoms. The average molecular weight is 284 g/mol. The normalized spacial score (nSPS) is 11.2. The number of hydrogen-bond donors (Lipinski definition) is 0. The van der Waals surface area contributed by atoms with E-state index in [0.717, 1.165) is 18.7 Å². The Morgan fingerprint density at radius 2 is 2.06 bits per heavy atom. The van der Waals surface area contributed by atoms with Gasteiger partial charge in [0.25, 0.3) is 0 Å². The number of halogens is 2. The standard InChI is InChI=1S/C13H15Cl2N3/c1-17(7-10-6-16-18(2)8-10)9-11-3-4-12(14)5-13(11)15/h3-6,8H,7,9H2,1-2H3. The van der Waals surface area contributed by atoms with Crippen LogP contribution in [0.1, 0.15) is 11.1 Å². The summed E-state index contributed by atoms with van der Waals surface area (Å²) in [6, 6.07) is 5.60. The predicted molar refractivity (Wildman–Crippen MR) is 74.8 cm³/mol. The largest absolute Gasteiger partial charge is 0.298 e. The number of benzene rings is 1. The van der Waals surface area contributed by atoms with E-state index in [1.165, 1.54) is 5.56 Å². The molecule has 0 spiro atoms. The van der Waals surface area contributed by atoms with E-state index >= 15 is 0 Å². The van der Waals surface area contributed by atoms with Gasteiger partial charge in [0.15, 0.2) is 0 Å². The summed E-state index contributed by atoms with van der Waals surface area (Å²) in [5, 5.41) is 5.53. The molecule has 1 aromatic heterocycles. The van der Waals surface area contributed by atoms with Crippen LogP contribution >= 0.6 is 23.2 Å². The quantitative estimate of drug-likeness (QED) is 0.858. The number of hydrogen-bond acceptors (Lipinski definition) is 2. The van der Waals surface area contributed by atoms with Gasteiger partial charge < -0.3 is 0 Å². The predicted octanol–water partition coefficient (Wildman–Crippen LogP) is 3.36. The van der Waals surface area contributed by atoms with Crippen molar-refractivity contribution in [2.24, 2.45) is 7.05 Å². The van der Waals surface area contributed by atoms with Crippen LogP contribution in [0.3, 0.4) is 0 Å². The molecule has 0 atom stereocenters. The van der Waals surface area contributed by atoms with E-state index in [2.05, 4.69) is 17.0 Å². The highest BCUT2D eigenvalue weighted by Gasteiger charge is 2.06. The Kier molecular flexibility index (Phi) is 4.27. The van der Waals surface area contributed by atoms with E-state index in [1.54, 1.807) is 10.7 Å². The molecule has 0 bridgehead atoms. The van der Waals surface area contributed by atoms with E-state index in [1.807, 2.05) is 31.6 Å². The van der Waals surface area contributed by atoms with Crippen LogP contribution in [0.2, 0.25) is 10.0 Å². The monoisotopic (exact) mass is 283 g/mol. The number of rotatable bonds is 4. The Bertz CT molecular complexity index is 537. The molecule has 1 heterocycles. The molecule has 0 amide bonds. The average Bonchev–Trinajstić information content (AvgIpc) is 2.68. The van der Waals surface area contributed by atoms with Crippen LogP contribution in [-0.4, -0.2) is 21.7 Å². The molecule has 3 nitrogen and oxygen atoms in total. The molecule has 0 N–H and O–H groups in total. The molecule has 0 aliphatic heterocycles. The van der Waals surface area contributed by atoms with Crippen molar-refractivity contribution in [3.05, 3.63) is 51.8 Å². The molecule has 0 radical (unpaired) electrons. The maximum absolute atomic E-state index is 6.15. The number of aromatic nitrogens is 2. The number of aryl methyl sites for hydroxylation is 1. The van der Waals surface area contributed by atoms with Crippen LogP contribution in [0.25, 0.3) is 0 Å². The Labute approximate surface area is 117 Å². The second kappa shape index (κ2) is 5.74. The summed E-state index contributed by atoms with van der Waals surface area (Å²) in [6.45, 7) is 1.62. The van der Waals surface area contributed by atoms with Gasteiger partial charge in [0, 0.05) is 41.9 Å². The van der Waals surface area contributed by atoms with E-state index in [4.69, 9.17) is 23.2 Å². The van der Waals surface area contributed by atoms with E-state index < -0.39 is 0 Å². The van der Waals surface area contributed by atoms with Gasteiger partial charge in [-0.3, -0.25) is 9.58 Å². The molecule has 0 fully saturated rings. The van der Waals surface area contributed by atoms with Crippen molar-refractivity contribution in [3.8, 4) is 0 Å². The van der Waals surface area contributed by atoms with Crippen molar-refractivity contribution >= 4 is 23.2 Å². The zero-order valence-corrected chi connectivity index (χ0v) is 11.9. The summed E-state index contributed by atoms with van der Waals surface area (Å²) < 4.78 is 1.80. The first-order chi connectivity index (χ1) is 8.54. The van der Waals surface area contributed by atoms with Gasteiger partial charge in [-0.15, -0.1) is 0 Å². The van der Waals surface area contributed by atoms with Gasteiger partial charge in [0.1, 0.15) is 0 Å². The van der Waals surface area contributed by atoms with Crippen molar-refractivity contribution in [2.75, 3.05) is 7.05 Å². The topological polar surface area (TPSA) is 21.1 Å². The first-order valence-corrected chi connectivity index (χ1v) is 6.40. The van der Waals surface area contributed by atoms with Gasteiger partial charge in [-0.25, -0.2) is 0 Å². The summed E-state index contributed by atoms with van der Waals surface area (Å²) in [5.41, 5.74) is 2.26. The molecule has 2 rings (SSSR count). The van der Waals surface area contributed by atoms with Crippen LogP contribution in [0.15, 0.2) is 30.6 Å². The lowest BCUT2D eigenvalue weighted by Crippen LogP contribution is -2.17. The fraction of sp³-hybridized carbons (Fsp3) is 0.308. The molecule has 0 aliphatic rings. The minimum absolute atomic E-state index is 0.665. The van der Waals surface area contributed by atoms with Crippen LogP contribution in [0.5, 0.6) is 0 Å². The summed E-state index contributed by atoms with van der Waals surface area (Å²) in [7, 11) is 3.97. The van der Waals surface area contributed by atoms with Gasteiger partial charge in [-0.1, -0.05) is 29.3 Å². The zero-order chi connectivity index (χ0) is 13.1. The van der Waals surface area contributed by atoms with Crippen molar-refractivity contribution in [1.82, 2.24) is 14.7 Å². The molecule has 5 heteroatoms. The third-order valence-electron chi connectivity index (χ3n) is 2.67. The first-order valence-electron chi connectivity index (χ1n) is 5.64. The lowest BCUT2D eigenvalue weighted by atomic mass is 10.2. The second-order valence-electron chi connectivity index (χ2n) is 4.43. The number of nitrogens with zero attached hydrogens (tertiary/aromatic N) is 3. The fourth-order valence-electron chi connectivity index (χ4n) is 1.86. The van der Waals surface area contributed by atoms with Gasteiger partial charge in [0.2, 0.25) is 0 Å². The zero-order valence-electron chi connectivity index (χ0n) is 10.4. The maximum atomic E-state index is 6.15. The van der Waals surface area contributed by atoms with Crippen LogP contribution in [0, 0.1) is 0 Å². The third kappa shape index (κ3) is 3.48. The summed E-state index contributed by atoms with van der Waals surface area (Å²) in [4.78, 5) is 2.19. The maximum Gasteiger partial charge on any atom is 0.0534 e. The van der Waals surface area contributed by atoms with Crippen LogP contribution in [0.4, 0.5) is 0 Å². The Hall–Kier alpha value is -1.03. The van der Waals surface area contributed by atoms with Gasteiger partial charge in [-0.2, -0.15) is 5.10 Å². The van der Waals surface area contributed by atoms with Crippen molar-refractivity contribution in [3.63, 3.8) is 0 Å². The highest BCUT2D eigenvalue weighted by atomic mass is 35.5. The van der Waals surface area contributed by atoms with Gasteiger partial charge in [0.05, 0.1) is 6.20 Å². The van der Waals surface area contributed by atoms with E-state index in [-0.39, 0.29) is 0 Å². The SMILES string of the molecule is CN(Cc1cnn(C)c1)Cc1ccc(Cl)cc1Cl. The van der Waals surface area contributed by atoms with Gasteiger partial charge >= 0.3 is 0 Å². The molecular formula is C13H15Cl2N3. The Morgan fingerprint density at radius 3 is 2.67 bits per heavy atom. The molecule has 96 valence electrons. The molecule has 0 saturated carbocycles. The fourth-order valence-corrected chi connectivity index (χ4v) is 2.33. The van der Waals surface area contributed by atoms with E-state index in [9.17, 15) is 0 Å². The van der Waals surface area contributed by atoms with Crippen LogP contribution in [-0.2, 0) is 20.1 Å². The Balaban J connectivity index is 2.00.